The van der Waals surface area contributed by atoms with Crippen molar-refractivity contribution in [2.75, 3.05) is 11.5 Å². The second kappa shape index (κ2) is 7.73. The van der Waals surface area contributed by atoms with E-state index in [1.54, 1.807) is 23.5 Å². The third-order valence-electron chi connectivity index (χ3n) is 7.72. The quantitative estimate of drug-likeness (QED) is 0.259. The maximum Gasteiger partial charge on any atom is 0.556 e. The van der Waals surface area contributed by atoms with Crippen molar-refractivity contribution < 1.29 is 49.5 Å². The van der Waals surface area contributed by atoms with Crippen LogP contribution in [0.4, 0.5) is 0 Å². The second-order valence-electron chi connectivity index (χ2n) is 9.15. The Hall–Kier alpha value is -2.03. The molecular formula is C20H24B2N2O8S2. The van der Waals surface area contributed by atoms with Crippen LogP contribution in [-0.4, -0.2) is 69.9 Å². The predicted octanol–water partition coefficient (Wildman–Crippen LogP) is -4.86. The summed E-state index contributed by atoms with van der Waals surface area (Å²) < 4.78 is 10.5. The number of benzene rings is 2. The number of nitrogens with one attached hydrogen (secondary N) is 2. The zero-order valence-corrected chi connectivity index (χ0v) is 19.5. The van der Waals surface area contributed by atoms with Crippen molar-refractivity contribution in [1.82, 2.24) is 0 Å². The van der Waals surface area contributed by atoms with Gasteiger partial charge < -0.3 is 39.9 Å². The van der Waals surface area contributed by atoms with Crippen LogP contribution in [0.25, 0.3) is 0 Å². The highest BCUT2D eigenvalue weighted by Crippen LogP contribution is 2.37. The number of fused-ring (bicyclic) bond motifs is 6. The van der Waals surface area contributed by atoms with Crippen LogP contribution in [0.1, 0.15) is 21.9 Å². The maximum absolute atomic E-state index is 11.7. The Labute approximate surface area is 203 Å². The lowest BCUT2D eigenvalue weighted by Gasteiger charge is -2.28. The van der Waals surface area contributed by atoms with Crippen molar-refractivity contribution in [3.05, 3.63) is 59.7 Å². The van der Waals surface area contributed by atoms with Gasteiger partial charge in [-0.3, -0.25) is 0 Å². The number of rotatable bonds is 0. The molecule has 8 rings (SSSR count). The zero-order chi connectivity index (χ0) is 21.8. The Morgan fingerprint density at radius 3 is 1.53 bits per heavy atom. The number of carbonyl (C=O) groups excluding carboxylic acids is 2. The number of quaternary nitrogens is 2. The number of hydrogen-bond acceptors (Lipinski definition) is 8. The van der Waals surface area contributed by atoms with Crippen molar-refractivity contribution in [1.29, 1.82) is 0 Å². The molecule has 6 heterocycles. The molecule has 2 unspecified atom stereocenters. The predicted molar refractivity (Wildman–Crippen MR) is 127 cm³/mol. The number of thioether (sulfide) groups is 2. The summed E-state index contributed by atoms with van der Waals surface area (Å²) in [5.74, 6) is 0.998. The van der Waals surface area contributed by atoms with Gasteiger partial charge in [0.15, 0.2) is 12.1 Å². The van der Waals surface area contributed by atoms with E-state index in [1.165, 1.54) is 0 Å². The van der Waals surface area contributed by atoms with Gasteiger partial charge in [0, 0.05) is 0 Å². The lowest BCUT2D eigenvalue weighted by atomic mass is 9.65. The van der Waals surface area contributed by atoms with E-state index in [2.05, 4.69) is 0 Å². The molecule has 2 aromatic carbocycles. The molecule has 6 aliphatic rings. The van der Waals surface area contributed by atoms with Crippen LogP contribution < -0.4 is 20.5 Å². The average molecular weight is 506 g/mol. The number of hydrogen-bond donors (Lipinski definition) is 4. The van der Waals surface area contributed by atoms with Crippen LogP contribution in [0.2, 0.25) is 0 Å². The van der Waals surface area contributed by atoms with Gasteiger partial charge in [0.05, 0.1) is 11.5 Å². The summed E-state index contributed by atoms with van der Waals surface area (Å²) in [5.41, 5.74) is 3.87. The van der Waals surface area contributed by atoms with E-state index in [-0.39, 0.29) is 45.7 Å². The normalized spacial score (nSPS) is 40.5. The fourth-order valence-corrected chi connectivity index (χ4v) is 9.67. The molecule has 2 aromatic rings. The topological polar surface area (TPSA) is 165 Å². The lowest BCUT2D eigenvalue weighted by molar-refractivity contribution is -0.824. The molecule has 0 bridgehead atoms. The molecule has 0 aliphatic carbocycles. The van der Waals surface area contributed by atoms with Gasteiger partial charge in [-0.25, -0.2) is 9.59 Å². The van der Waals surface area contributed by atoms with Crippen LogP contribution in [0.3, 0.4) is 0 Å². The molecule has 0 spiro atoms. The van der Waals surface area contributed by atoms with E-state index in [0.29, 0.717) is 0 Å². The van der Waals surface area contributed by atoms with E-state index in [9.17, 15) is 19.6 Å². The van der Waals surface area contributed by atoms with Gasteiger partial charge in [0.1, 0.15) is 10.7 Å². The zero-order valence-electron chi connectivity index (χ0n) is 17.8. The highest BCUT2D eigenvalue weighted by atomic mass is 32.2. The average Bonchev–Trinajstić information content (AvgIpc) is 3.58. The van der Waals surface area contributed by atoms with Crippen molar-refractivity contribution in [3.63, 3.8) is 0 Å². The Morgan fingerprint density at radius 2 is 1.12 bits per heavy atom. The van der Waals surface area contributed by atoms with Crippen LogP contribution in [0.5, 0.6) is 0 Å². The molecule has 6 aliphatic heterocycles. The minimum atomic E-state index is -2.16. The van der Waals surface area contributed by atoms with Crippen LogP contribution in [-0.2, 0) is 18.9 Å². The van der Waals surface area contributed by atoms with Crippen molar-refractivity contribution in [3.8, 4) is 0 Å². The Balaban J connectivity index is 0.000000134. The van der Waals surface area contributed by atoms with Crippen molar-refractivity contribution in [2.45, 2.75) is 22.8 Å². The number of carbonyl (C=O) groups is 2. The summed E-state index contributed by atoms with van der Waals surface area (Å²) in [6, 6.07) is 15.1. The second-order valence-corrected chi connectivity index (χ2v) is 11.4. The van der Waals surface area contributed by atoms with Gasteiger partial charge >= 0.3 is 25.3 Å². The largest absolute Gasteiger partial charge is 0.607 e. The van der Waals surface area contributed by atoms with Gasteiger partial charge in [0.2, 0.25) is 0 Å². The van der Waals surface area contributed by atoms with Gasteiger partial charge in [-0.2, -0.15) is 0 Å². The van der Waals surface area contributed by atoms with Crippen LogP contribution >= 0.6 is 23.5 Å². The summed E-state index contributed by atoms with van der Waals surface area (Å²) in [4.78, 5) is 25.1. The standard InChI is InChI=1S/2C10H10BNO3S.2H2O/c2*13-10-8-5-16-9-6-3-1-2-4-7(6)11(14,15-10)12(8)9;;/h2*1-4,8-9,12,14H,5H2;2*1H2/t2*8-,9+,11-;;/m00../s1. The van der Waals surface area contributed by atoms with Gasteiger partial charge in [0.25, 0.3) is 0 Å². The molecule has 4 fully saturated rings. The van der Waals surface area contributed by atoms with E-state index in [0.717, 1.165) is 43.2 Å². The fraction of sp³-hybridized carbons (Fsp3) is 0.300. The highest BCUT2D eigenvalue weighted by Gasteiger charge is 2.67. The first-order valence-corrected chi connectivity index (χ1v) is 12.9. The van der Waals surface area contributed by atoms with Gasteiger partial charge in [-0.15, -0.1) is 0 Å². The molecule has 14 heteroatoms. The monoisotopic (exact) mass is 506 g/mol. The van der Waals surface area contributed by atoms with Crippen molar-refractivity contribution in [2.24, 2.45) is 0 Å². The third-order valence-corrected chi connectivity index (χ3v) is 10.5. The first-order valence-electron chi connectivity index (χ1n) is 10.8. The molecule has 34 heavy (non-hydrogen) atoms. The van der Waals surface area contributed by atoms with Gasteiger partial charge in [-0.05, 0) is 11.1 Å². The van der Waals surface area contributed by atoms with Crippen LogP contribution in [0, 0.1) is 0 Å². The minimum absolute atomic E-state index is 0. The molecule has 10 nitrogen and oxygen atoms in total. The summed E-state index contributed by atoms with van der Waals surface area (Å²) >= 11 is 3.48. The summed E-state index contributed by atoms with van der Waals surface area (Å²) in [5, 5.41) is 21.5. The molecular weight excluding hydrogens is 482 g/mol. The molecule has 8 N–H and O–H groups in total. The lowest BCUT2D eigenvalue weighted by Crippen LogP contribution is -3.22. The van der Waals surface area contributed by atoms with Crippen molar-refractivity contribution >= 4 is 59.8 Å². The minimum Gasteiger partial charge on any atom is -0.607 e. The SMILES string of the molecule is O.O.O=C1O[B@@-]2(O)c3ccccc3[C@H]3SC[C@@H]1[NH+]32.O=C1O[B@@-]2(O)c3ccccc3[C@H]3SC[C@@H]1[NH+]32. The third kappa shape index (κ3) is 2.73. The molecule has 0 radical (unpaired) electrons. The molecule has 0 saturated carbocycles. The van der Waals surface area contributed by atoms with Gasteiger partial charge in [-0.1, -0.05) is 83.0 Å². The molecule has 180 valence electrons. The van der Waals surface area contributed by atoms with E-state index < -0.39 is 13.4 Å². The summed E-state index contributed by atoms with van der Waals surface area (Å²) in [6.45, 7) is -4.33. The van der Waals surface area contributed by atoms with Crippen LogP contribution in [0.15, 0.2) is 48.5 Å². The first kappa shape index (κ1) is 23.7. The molecule has 0 amide bonds. The van der Waals surface area contributed by atoms with E-state index in [4.69, 9.17) is 9.31 Å². The smallest absolute Gasteiger partial charge is 0.556 e. The summed E-state index contributed by atoms with van der Waals surface area (Å²) in [7, 11) is 0. The Morgan fingerprint density at radius 1 is 0.735 bits per heavy atom. The first-order chi connectivity index (χ1) is 15.4. The maximum atomic E-state index is 11.7. The summed E-state index contributed by atoms with van der Waals surface area (Å²) in [6.07, 6.45) is 0. The fourth-order valence-electron chi connectivity index (χ4n) is 6.37. The van der Waals surface area contributed by atoms with E-state index in [1.807, 2.05) is 48.5 Å². The molecule has 8 atom stereocenters. The molecule has 4 saturated heterocycles. The Kier molecular flexibility index (Phi) is 5.39. The Bertz CT molecular complexity index is 1120. The highest BCUT2D eigenvalue weighted by molar-refractivity contribution is 7.99. The molecule has 0 aromatic heterocycles. The van der Waals surface area contributed by atoms with E-state index >= 15 is 0 Å².